The number of para-hydroxylation sites is 2. The fourth-order valence-electron chi connectivity index (χ4n) is 2.69. The van der Waals surface area contributed by atoms with Crippen molar-refractivity contribution in [2.24, 2.45) is 0 Å². The second-order valence-corrected chi connectivity index (χ2v) is 7.99. The summed E-state index contributed by atoms with van der Waals surface area (Å²) in [5.74, 6) is 0.00552. The van der Waals surface area contributed by atoms with Crippen LogP contribution in [0.3, 0.4) is 0 Å². The molecule has 0 aliphatic heterocycles. The summed E-state index contributed by atoms with van der Waals surface area (Å²) in [5, 5.41) is 2.75. The summed E-state index contributed by atoms with van der Waals surface area (Å²) >= 11 is 0. The number of nitrogens with zero attached hydrogens (tertiary/aromatic N) is 1. The molecule has 8 heteroatoms. The van der Waals surface area contributed by atoms with Crippen LogP contribution in [0.5, 0.6) is 5.75 Å². The number of ether oxygens (including phenoxy) is 2. The van der Waals surface area contributed by atoms with Gasteiger partial charge >= 0.3 is 0 Å². The van der Waals surface area contributed by atoms with E-state index in [4.69, 9.17) is 9.47 Å². The van der Waals surface area contributed by atoms with Gasteiger partial charge in [0.1, 0.15) is 12.3 Å². The molecule has 0 saturated carbocycles. The molecule has 0 aliphatic carbocycles. The fraction of sp³-hybridized carbons (Fsp3) is 0.381. The lowest BCUT2D eigenvalue weighted by molar-refractivity contribution is -0.119. The molecule has 2 rings (SSSR count). The molecule has 0 unspecified atom stereocenters. The van der Waals surface area contributed by atoms with Crippen LogP contribution in [0.1, 0.15) is 20.3 Å². The molecular formula is C21H28N2O5S. The summed E-state index contributed by atoms with van der Waals surface area (Å²) in [6.45, 7) is 5.31. The third kappa shape index (κ3) is 6.47. The molecule has 7 nitrogen and oxygen atoms in total. The molecular weight excluding hydrogens is 392 g/mol. The first kappa shape index (κ1) is 22.7. The van der Waals surface area contributed by atoms with Gasteiger partial charge in [0.15, 0.2) is 0 Å². The zero-order valence-corrected chi connectivity index (χ0v) is 17.7. The van der Waals surface area contributed by atoms with E-state index in [9.17, 15) is 13.2 Å². The lowest BCUT2D eigenvalue weighted by atomic mass is 10.3. The number of carbonyl (C=O) groups excluding carboxylic acids is 1. The predicted octanol–water partition coefficient (Wildman–Crippen LogP) is 2.82. The van der Waals surface area contributed by atoms with E-state index in [0.29, 0.717) is 44.2 Å². The SMILES string of the molecule is CCOCCCNC(=O)CN(c1ccccc1OCC)S(=O)(=O)c1ccccc1. The van der Waals surface area contributed by atoms with Crippen LogP contribution in [-0.4, -0.2) is 47.2 Å². The molecule has 158 valence electrons. The Morgan fingerprint density at radius 2 is 1.69 bits per heavy atom. The molecule has 0 fully saturated rings. The van der Waals surface area contributed by atoms with E-state index < -0.39 is 15.9 Å². The van der Waals surface area contributed by atoms with Crippen molar-refractivity contribution in [3.63, 3.8) is 0 Å². The monoisotopic (exact) mass is 420 g/mol. The molecule has 0 saturated heterocycles. The Bertz CT molecular complexity index is 872. The normalized spacial score (nSPS) is 11.1. The second-order valence-electron chi connectivity index (χ2n) is 6.13. The molecule has 0 atom stereocenters. The van der Waals surface area contributed by atoms with Gasteiger partial charge in [0.25, 0.3) is 10.0 Å². The average Bonchev–Trinajstić information content (AvgIpc) is 2.73. The second kappa shape index (κ2) is 11.4. The van der Waals surface area contributed by atoms with Gasteiger partial charge in [0.05, 0.1) is 17.2 Å². The summed E-state index contributed by atoms with van der Waals surface area (Å²) in [6.07, 6.45) is 0.653. The molecule has 0 heterocycles. The lowest BCUT2D eigenvalue weighted by Gasteiger charge is -2.26. The molecule has 0 aromatic heterocycles. The minimum absolute atomic E-state index is 0.107. The molecule has 1 amide bonds. The van der Waals surface area contributed by atoms with Gasteiger partial charge in [-0.15, -0.1) is 0 Å². The van der Waals surface area contributed by atoms with E-state index >= 15 is 0 Å². The molecule has 0 bridgehead atoms. The van der Waals surface area contributed by atoms with Crippen LogP contribution < -0.4 is 14.4 Å². The third-order valence-corrected chi connectivity index (χ3v) is 5.82. The molecule has 2 aromatic rings. The van der Waals surface area contributed by atoms with Gasteiger partial charge in [-0.25, -0.2) is 8.42 Å². The van der Waals surface area contributed by atoms with Gasteiger partial charge in [-0.05, 0) is 44.5 Å². The Balaban J connectivity index is 2.29. The fourth-order valence-corrected chi connectivity index (χ4v) is 4.15. The van der Waals surface area contributed by atoms with Gasteiger partial charge in [0.2, 0.25) is 5.91 Å². The van der Waals surface area contributed by atoms with E-state index in [1.807, 2.05) is 13.8 Å². The highest BCUT2D eigenvalue weighted by Gasteiger charge is 2.29. The first-order valence-electron chi connectivity index (χ1n) is 9.64. The van der Waals surface area contributed by atoms with E-state index in [1.54, 1.807) is 42.5 Å². The highest BCUT2D eigenvalue weighted by Crippen LogP contribution is 2.32. The summed E-state index contributed by atoms with van der Waals surface area (Å²) in [4.78, 5) is 12.6. The van der Waals surface area contributed by atoms with Crippen molar-refractivity contribution < 1.29 is 22.7 Å². The number of sulfonamides is 1. The molecule has 0 spiro atoms. The maximum Gasteiger partial charge on any atom is 0.264 e. The van der Waals surface area contributed by atoms with Crippen molar-refractivity contribution >= 4 is 21.6 Å². The van der Waals surface area contributed by atoms with Crippen molar-refractivity contribution in [3.8, 4) is 5.75 Å². The highest BCUT2D eigenvalue weighted by atomic mass is 32.2. The minimum Gasteiger partial charge on any atom is -0.492 e. The molecule has 0 radical (unpaired) electrons. The van der Waals surface area contributed by atoms with Crippen molar-refractivity contribution in [3.05, 3.63) is 54.6 Å². The van der Waals surface area contributed by atoms with Crippen LogP contribution in [0.4, 0.5) is 5.69 Å². The Morgan fingerprint density at radius 1 is 1.00 bits per heavy atom. The van der Waals surface area contributed by atoms with Gasteiger partial charge in [0, 0.05) is 19.8 Å². The number of rotatable bonds is 12. The van der Waals surface area contributed by atoms with Crippen molar-refractivity contribution in [1.29, 1.82) is 0 Å². The molecule has 1 N–H and O–H groups in total. The lowest BCUT2D eigenvalue weighted by Crippen LogP contribution is -2.41. The Labute approximate surface area is 172 Å². The standard InChI is InChI=1S/C21H28N2O5S/c1-3-27-16-10-15-22-21(24)17-23(19-13-8-9-14-20(19)28-4-2)29(25,26)18-11-6-5-7-12-18/h5-9,11-14H,3-4,10,15-17H2,1-2H3,(H,22,24). The smallest absolute Gasteiger partial charge is 0.264 e. The third-order valence-electron chi connectivity index (χ3n) is 4.04. The number of hydrogen-bond acceptors (Lipinski definition) is 5. The molecule has 0 aliphatic rings. The van der Waals surface area contributed by atoms with Crippen molar-refractivity contribution in [1.82, 2.24) is 5.32 Å². The predicted molar refractivity (Wildman–Crippen MR) is 113 cm³/mol. The van der Waals surface area contributed by atoms with Crippen molar-refractivity contribution in [2.45, 2.75) is 25.2 Å². The Morgan fingerprint density at radius 3 is 2.38 bits per heavy atom. The number of benzene rings is 2. The van der Waals surface area contributed by atoms with Gasteiger partial charge < -0.3 is 14.8 Å². The summed E-state index contributed by atoms with van der Waals surface area (Å²) in [5.41, 5.74) is 0.322. The van der Waals surface area contributed by atoms with Crippen LogP contribution in [0.15, 0.2) is 59.5 Å². The number of amides is 1. The first-order valence-corrected chi connectivity index (χ1v) is 11.1. The van der Waals surface area contributed by atoms with Crippen LogP contribution in [-0.2, 0) is 19.6 Å². The van der Waals surface area contributed by atoms with Gasteiger partial charge in [-0.3, -0.25) is 9.10 Å². The van der Waals surface area contributed by atoms with E-state index in [1.165, 1.54) is 12.1 Å². The maximum absolute atomic E-state index is 13.3. The largest absolute Gasteiger partial charge is 0.492 e. The average molecular weight is 421 g/mol. The topological polar surface area (TPSA) is 84.9 Å². The van der Waals surface area contributed by atoms with Crippen LogP contribution in [0, 0.1) is 0 Å². The number of hydrogen-bond donors (Lipinski definition) is 1. The quantitative estimate of drug-likeness (QED) is 0.534. The zero-order chi connectivity index (χ0) is 21.1. The van der Waals surface area contributed by atoms with Gasteiger partial charge in [-0.2, -0.15) is 0 Å². The number of anilines is 1. The highest BCUT2D eigenvalue weighted by molar-refractivity contribution is 7.92. The summed E-state index contributed by atoms with van der Waals surface area (Å²) in [7, 11) is -3.96. The zero-order valence-electron chi connectivity index (χ0n) is 16.8. The van der Waals surface area contributed by atoms with Crippen molar-refractivity contribution in [2.75, 3.05) is 37.2 Å². The number of carbonyl (C=O) groups is 1. The van der Waals surface area contributed by atoms with E-state index in [0.717, 1.165) is 4.31 Å². The Kier molecular flexibility index (Phi) is 8.95. The minimum atomic E-state index is -3.96. The van der Waals surface area contributed by atoms with E-state index in [-0.39, 0.29) is 11.4 Å². The van der Waals surface area contributed by atoms with Crippen LogP contribution >= 0.6 is 0 Å². The van der Waals surface area contributed by atoms with Crippen LogP contribution in [0.2, 0.25) is 0 Å². The summed E-state index contributed by atoms with van der Waals surface area (Å²) in [6, 6.07) is 14.8. The van der Waals surface area contributed by atoms with E-state index in [2.05, 4.69) is 5.32 Å². The Hall–Kier alpha value is -2.58. The maximum atomic E-state index is 13.3. The first-order chi connectivity index (χ1) is 14.0. The van der Waals surface area contributed by atoms with Crippen LogP contribution in [0.25, 0.3) is 0 Å². The molecule has 2 aromatic carbocycles. The number of nitrogens with one attached hydrogen (secondary N) is 1. The summed E-state index contributed by atoms with van der Waals surface area (Å²) < 4.78 is 38.6. The molecule has 29 heavy (non-hydrogen) atoms. The van der Waals surface area contributed by atoms with Gasteiger partial charge in [-0.1, -0.05) is 30.3 Å².